The molecule has 0 saturated carbocycles. The van der Waals surface area contributed by atoms with Crippen LogP contribution in [-0.2, 0) is 9.53 Å². The molecular formula is C22H23NO3. The molecule has 1 saturated heterocycles. The van der Waals surface area contributed by atoms with E-state index >= 15 is 0 Å². The number of fused-ring (bicyclic) bond motifs is 3. The second-order valence-electron chi connectivity index (χ2n) is 7.18. The molecule has 0 atom stereocenters. The van der Waals surface area contributed by atoms with Crippen LogP contribution in [0.2, 0.25) is 0 Å². The lowest BCUT2D eigenvalue weighted by Gasteiger charge is -2.30. The van der Waals surface area contributed by atoms with Crippen LogP contribution in [-0.4, -0.2) is 36.5 Å². The van der Waals surface area contributed by atoms with Gasteiger partial charge in [-0.15, -0.1) is 0 Å². The topological polar surface area (TPSA) is 46.6 Å². The monoisotopic (exact) mass is 349 g/mol. The average Bonchev–Trinajstić information content (AvgIpc) is 3.00. The standard InChI is InChI=1S/C22H23NO3/c1-15(24)16-10-12-23(13-11-16)22(25)26-14-21-19-8-4-2-6-17(19)18-7-3-5-9-20(18)21/h2-9,16,21H,10-14H2,1H3. The van der Waals surface area contributed by atoms with Crippen molar-refractivity contribution < 1.29 is 14.3 Å². The summed E-state index contributed by atoms with van der Waals surface area (Å²) >= 11 is 0. The Bertz CT molecular complexity index is 791. The predicted octanol–water partition coefficient (Wildman–Crippen LogP) is 4.24. The highest BCUT2D eigenvalue weighted by Gasteiger charge is 2.31. The van der Waals surface area contributed by atoms with Crippen molar-refractivity contribution in [3.05, 3.63) is 59.7 Å². The number of carbonyl (C=O) groups excluding carboxylic acids is 2. The molecular weight excluding hydrogens is 326 g/mol. The number of rotatable bonds is 3. The van der Waals surface area contributed by atoms with Gasteiger partial charge in [0, 0.05) is 24.9 Å². The highest BCUT2D eigenvalue weighted by Crippen LogP contribution is 2.44. The third-order valence-corrected chi connectivity index (χ3v) is 5.66. The van der Waals surface area contributed by atoms with E-state index in [4.69, 9.17) is 4.74 Å². The fourth-order valence-corrected chi connectivity index (χ4v) is 4.15. The second-order valence-corrected chi connectivity index (χ2v) is 7.18. The number of ketones is 1. The van der Waals surface area contributed by atoms with Crippen LogP contribution in [0.15, 0.2) is 48.5 Å². The molecule has 1 fully saturated rings. The summed E-state index contributed by atoms with van der Waals surface area (Å²) in [5.41, 5.74) is 4.89. The summed E-state index contributed by atoms with van der Waals surface area (Å²) in [5, 5.41) is 0. The fourth-order valence-electron chi connectivity index (χ4n) is 4.15. The van der Waals surface area contributed by atoms with Crippen molar-refractivity contribution in [2.75, 3.05) is 19.7 Å². The van der Waals surface area contributed by atoms with E-state index in [1.807, 2.05) is 24.3 Å². The summed E-state index contributed by atoms with van der Waals surface area (Å²) in [7, 11) is 0. The molecule has 1 amide bonds. The molecule has 0 unspecified atom stereocenters. The van der Waals surface area contributed by atoms with Crippen molar-refractivity contribution in [1.29, 1.82) is 0 Å². The molecule has 134 valence electrons. The van der Waals surface area contributed by atoms with Gasteiger partial charge in [-0.05, 0) is 42.0 Å². The van der Waals surface area contributed by atoms with Gasteiger partial charge in [0.1, 0.15) is 12.4 Å². The number of hydrogen-bond donors (Lipinski definition) is 0. The SMILES string of the molecule is CC(=O)C1CCN(C(=O)OCC2c3ccccc3-c3ccccc32)CC1. The van der Waals surface area contributed by atoms with Gasteiger partial charge >= 0.3 is 6.09 Å². The van der Waals surface area contributed by atoms with Gasteiger partial charge < -0.3 is 9.64 Å². The van der Waals surface area contributed by atoms with Crippen LogP contribution in [0.25, 0.3) is 11.1 Å². The third-order valence-electron chi connectivity index (χ3n) is 5.66. The van der Waals surface area contributed by atoms with E-state index in [-0.39, 0.29) is 23.7 Å². The zero-order valence-electron chi connectivity index (χ0n) is 15.0. The zero-order chi connectivity index (χ0) is 18.1. The van der Waals surface area contributed by atoms with Gasteiger partial charge in [0.25, 0.3) is 0 Å². The predicted molar refractivity (Wildman–Crippen MR) is 100 cm³/mol. The summed E-state index contributed by atoms with van der Waals surface area (Å²) in [5.74, 6) is 0.394. The lowest BCUT2D eigenvalue weighted by Crippen LogP contribution is -2.40. The average molecular weight is 349 g/mol. The number of likely N-dealkylation sites (tertiary alicyclic amines) is 1. The summed E-state index contributed by atoms with van der Waals surface area (Å²) in [6.45, 7) is 3.18. The summed E-state index contributed by atoms with van der Waals surface area (Å²) in [6, 6.07) is 16.6. The van der Waals surface area contributed by atoms with E-state index in [1.54, 1.807) is 11.8 Å². The molecule has 26 heavy (non-hydrogen) atoms. The van der Waals surface area contributed by atoms with Crippen LogP contribution in [0.1, 0.15) is 36.8 Å². The van der Waals surface area contributed by atoms with Gasteiger partial charge in [-0.2, -0.15) is 0 Å². The Hall–Kier alpha value is -2.62. The van der Waals surface area contributed by atoms with Crippen LogP contribution in [0.3, 0.4) is 0 Å². The van der Waals surface area contributed by atoms with Crippen molar-refractivity contribution in [3.63, 3.8) is 0 Å². The number of ether oxygens (including phenoxy) is 1. The van der Waals surface area contributed by atoms with Crippen LogP contribution in [0.4, 0.5) is 4.79 Å². The molecule has 0 bridgehead atoms. The summed E-state index contributed by atoms with van der Waals surface area (Å²) in [4.78, 5) is 25.7. The first-order chi connectivity index (χ1) is 12.6. The quantitative estimate of drug-likeness (QED) is 0.833. The first kappa shape index (κ1) is 16.8. The molecule has 1 aliphatic carbocycles. The molecule has 4 heteroatoms. The van der Waals surface area contributed by atoms with E-state index in [2.05, 4.69) is 24.3 Å². The van der Waals surface area contributed by atoms with Gasteiger partial charge in [-0.1, -0.05) is 48.5 Å². The van der Waals surface area contributed by atoms with Crippen molar-refractivity contribution in [2.24, 2.45) is 5.92 Å². The molecule has 0 aromatic heterocycles. The summed E-state index contributed by atoms with van der Waals surface area (Å²) in [6.07, 6.45) is 1.20. The van der Waals surface area contributed by atoms with Gasteiger partial charge in [0.2, 0.25) is 0 Å². The van der Waals surface area contributed by atoms with Crippen molar-refractivity contribution in [2.45, 2.75) is 25.7 Å². The van der Waals surface area contributed by atoms with Crippen molar-refractivity contribution >= 4 is 11.9 Å². The third kappa shape index (κ3) is 3.00. The molecule has 4 rings (SSSR count). The molecule has 2 aliphatic rings. The first-order valence-electron chi connectivity index (χ1n) is 9.25. The zero-order valence-corrected chi connectivity index (χ0v) is 15.0. The van der Waals surface area contributed by atoms with E-state index in [9.17, 15) is 9.59 Å². The Morgan fingerprint density at radius 2 is 1.50 bits per heavy atom. The molecule has 0 N–H and O–H groups in total. The minimum atomic E-state index is -0.270. The lowest BCUT2D eigenvalue weighted by molar-refractivity contribution is -0.122. The maximum absolute atomic E-state index is 12.5. The number of Topliss-reactive ketones (excluding diaryl/α,β-unsaturated/α-hetero) is 1. The maximum atomic E-state index is 12.5. The Morgan fingerprint density at radius 1 is 0.962 bits per heavy atom. The van der Waals surface area contributed by atoms with Crippen LogP contribution >= 0.6 is 0 Å². The van der Waals surface area contributed by atoms with Crippen molar-refractivity contribution in [1.82, 2.24) is 4.90 Å². The van der Waals surface area contributed by atoms with Gasteiger partial charge in [0.05, 0.1) is 0 Å². The number of benzene rings is 2. The number of nitrogens with zero attached hydrogens (tertiary/aromatic N) is 1. The highest BCUT2D eigenvalue weighted by atomic mass is 16.6. The van der Waals surface area contributed by atoms with E-state index in [0.29, 0.717) is 19.7 Å². The number of amides is 1. The fraction of sp³-hybridized carbons (Fsp3) is 0.364. The molecule has 2 aromatic carbocycles. The van der Waals surface area contributed by atoms with Gasteiger partial charge in [0.15, 0.2) is 0 Å². The Morgan fingerprint density at radius 3 is 2.04 bits per heavy atom. The molecule has 1 aliphatic heterocycles. The molecule has 1 heterocycles. The normalized spacial score (nSPS) is 16.9. The highest BCUT2D eigenvalue weighted by molar-refractivity contribution is 5.79. The number of carbonyl (C=O) groups is 2. The first-order valence-corrected chi connectivity index (χ1v) is 9.25. The van der Waals surface area contributed by atoms with Crippen LogP contribution < -0.4 is 0 Å². The molecule has 2 aromatic rings. The maximum Gasteiger partial charge on any atom is 0.409 e. The second kappa shape index (κ2) is 6.94. The van der Waals surface area contributed by atoms with E-state index < -0.39 is 0 Å². The lowest BCUT2D eigenvalue weighted by atomic mass is 9.94. The van der Waals surface area contributed by atoms with Crippen LogP contribution in [0.5, 0.6) is 0 Å². The van der Waals surface area contributed by atoms with E-state index in [0.717, 1.165) is 12.8 Å². The smallest absolute Gasteiger partial charge is 0.409 e. The molecule has 4 nitrogen and oxygen atoms in total. The van der Waals surface area contributed by atoms with Gasteiger partial charge in [-0.3, -0.25) is 4.79 Å². The minimum Gasteiger partial charge on any atom is -0.448 e. The Kier molecular flexibility index (Phi) is 4.49. The number of piperidine rings is 1. The largest absolute Gasteiger partial charge is 0.448 e. The van der Waals surface area contributed by atoms with Crippen LogP contribution in [0, 0.1) is 5.92 Å². The molecule has 0 spiro atoms. The van der Waals surface area contributed by atoms with E-state index in [1.165, 1.54) is 22.3 Å². The Labute approximate surface area is 153 Å². The van der Waals surface area contributed by atoms with Gasteiger partial charge in [-0.25, -0.2) is 4.79 Å². The number of hydrogen-bond acceptors (Lipinski definition) is 3. The Balaban J connectivity index is 1.44. The van der Waals surface area contributed by atoms with Crippen molar-refractivity contribution in [3.8, 4) is 11.1 Å². The summed E-state index contributed by atoms with van der Waals surface area (Å²) < 4.78 is 5.68. The minimum absolute atomic E-state index is 0.0844. The molecule has 0 radical (unpaired) electrons.